The van der Waals surface area contributed by atoms with Crippen molar-refractivity contribution in [3.8, 4) is 0 Å². The van der Waals surface area contributed by atoms with Gasteiger partial charge in [0.15, 0.2) is 5.56 Å². The molecule has 112 valence electrons. The number of hydrogen-bond donors (Lipinski definition) is 0. The Labute approximate surface area is 121 Å². The Kier molecular flexibility index (Phi) is 3.95. The molecule has 2 rings (SSSR count). The van der Waals surface area contributed by atoms with Crippen LogP contribution in [0.2, 0.25) is 5.02 Å². The summed E-state index contributed by atoms with van der Waals surface area (Å²) < 4.78 is 48.1. The molecule has 0 amide bonds. The Balaban J connectivity index is 2.87. The molecule has 0 unspecified atom stereocenters. The smallest absolute Gasteiger partial charge is 0.450 e. The maximum Gasteiger partial charge on any atom is 0.450 e. The lowest BCUT2D eigenvalue weighted by Gasteiger charge is -2.11. The first-order valence-electron chi connectivity index (χ1n) is 5.76. The van der Waals surface area contributed by atoms with E-state index in [1.165, 1.54) is 13.0 Å². The second-order valence-corrected chi connectivity index (χ2v) is 4.43. The second-order valence-electron chi connectivity index (χ2n) is 3.99. The SMILES string of the molecule is CCOC(=O)c1c(C(F)(F)F)oc2ccc(Cl)cc2c1=O. The minimum Gasteiger partial charge on any atom is -0.462 e. The van der Waals surface area contributed by atoms with Gasteiger partial charge in [0.2, 0.25) is 11.2 Å². The molecule has 8 heteroatoms. The van der Waals surface area contributed by atoms with Crippen molar-refractivity contribution < 1.29 is 27.1 Å². The van der Waals surface area contributed by atoms with Gasteiger partial charge >= 0.3 is 12.1 Å². The highest BCUT2D eigenvalue weighted by atomic mass is 35.5. The van der Waals surface area contributed by atoms with Crippen LogP contribution in [0.25, 0.3) is 11.0 Å². The zero-order valence-electron chi connectivity index (χ0n) is 10.6. The van der Waals surface area contributed by atoms with E-state index in [0.717, 1.165) is 12.1 Å². The number of esters is 1. The summed E-state index contributed by atoms with van der Waals surface area (Å²) in [4.78, 5) is 23.8. The lowest BCUT2D eigenvalue weighted by atomic mass is 10.1. The zero-order valence-corrected chi connectivity index (χ0v) is 11.3. The van der Waals surface area contributed by atoms with Crippen molar-refractivity contribution in [2.45, 2.75) is 13.1 Å². The third kappa shape index (κ3) is 2.87. The molecule has 0 bridgehead atoms. The van der Waals surface area contributed by atoms with Crippen molar-refractivity contribution in [1.29, 1.82) is 0 Å². The Morgan fingerprint density at radius 1 is 1.38 bits per heavy atom. The van der Waals surface area contributed by atoms with Gasteiger partial charge in [0.1, 0.15) is 5.58 Å². The van der Waals surface area contributed by atoms with Crippen LogP contribution in [0.1, 0.15) is 23.0 Å². The molecule has 1 heterocycles. The zero-order chi connectivity index (χ0) is 15.8. The molecule has 0 N–H and O–H groups in total. The van der Waals surface area contributed by atoms with E-state index in [9.17, 15) is 22.8 Å². The Hall–Kier alpha value is -2.02. The summed E-state index contributed by atoms with van der Waals surface area (Å²) in [5.41, 5.74) is -2.63. The van der Waals surface area contributed by atoms with Gasteiger partial charge in [-0.3, -0.25) is 4.79 Å². The number of halogens is 4. The lowest BCUT2D eigenvalue weighted by Crippen LogP contribution is -2.24. The minimum atomic E-state index is -5.00. The largest absolute Gasteiger partial charge is 0.462 e. The van der Waals surface area contributed by atoms with Gasteiger partial charge in [-0.2, -0.15) is 13.2 Å². The predicted octanol–water partition coefficient (Wildman–Crippen LogP) is 3.64. The van der Waals surface area contributed by atoms with E-state index < -0.39 is 28.9 Å². The minimum absolute atomic E-state index is 0.129. The summed E-state index contributed by atoms with van der Waals surface area (Å²) in [6.07, 6.45) is -5.00. The molecule has 0 saturated heterocycles. The standard InChI is InChI=1S/C13H8ClF3O4/c1-2-20-12(19)9-10(18)7-5-6(14)3-4-8(7)21-11(9)13(15,16)17/h3-5H,2H2,1H3. The molecular formula is C13H8ClF3O4. The van der Waals surface area contributed by atoms with E-state index in [1.54, 1.807) is 0 Å². The van der Waals surface area contributed by atoms with Crippen LogP contribution < -0.4 is 5.43 Å². The third-order valence-corrected chi connectivity index (χ3v) is 2.82. The Bertz CT molecular complexity index is 764. The van der Waals surface area contributed by atoms with Crippen LogP contribution in [0, 0.1) is 0 Å². The number of carbonyl (C=O) groups is 1. The van der Waals surface area contributed by atoms with Gasteiger partial charge in [0, 0.05) is 5.02 Å². The lowest BCUT2D eigenvalue weighted by molar-refractivity contribution is -0.153. The molecular weight excluding hydrogens is 313 g/mol. The number of rotatable bonds is 2. The van der Waals surface area contributed by atoms with Crippen LogP contribution in [0.15, 0.2) is 27.4 Å². The van der Waals surface area contributed by atoms with Crippen LogP contribution in [-0.2, 0) is 10.9 Å². The van der Waals surface area contributed by atoms with Gasteiger partial charge < -0.3 is 9.15 Å². The summed E-state index contributed by atoms with van der Waals surface area (Å²) in [6.45, 7) is 1.23. The van der Waals surface area contributed by atoms with Crippen molar-refractivity contribution in [3.63, 3.8) is 0 Å². The predicted molar refractivity (Wildman–Crippen MR) is 68.5 cm³/mol. The number of fused-ring (bicyclic) bond motifs is 1. The van der Waals surface area contributed by atoms with Crippen LogP contribution in [0.5, 0.6) is 0 Å². The van der Waals surface area contributed by atoms with Crippen molar-refractivity contribution in [1.82, 2.24) is 0 Å². The van der Waals surface area contributed by atoms with Crippen molar-refractivity contribution in [2.75, 3.05) is 6.61 Å². The van der Waals surface area contributed by atoms with Gasteiger partial charge in [0.25, 0.3) is 0 Å². The molecule has 0 spiro atoms. The van der Waals surface area contributed by atoms with Crippen molar-refractivity contribution in [2.24, 2.45) is 0 Å². The molecule has 4 nitrogen and oxygen atoms in total. The molecule has 1 aromatic carbocycles. The average Bonchev–Trinajstić information content (AvgIpc) is 2.38. The van der Waals surface area contributed by atoms with E-state index in [2.05, 4.69) is 9.15 Å². The van der Waals surface area contributed by atoms with Crippen LogP contribution >= 0.6 is 11.6 Å². The maximum absolute atomic E-state index is 13.0. The number of ether oxygens (including phenoxy) is 1. The molecule has 0 atom stereocenters. The number of alkyl halides is 3. The first-order chi connectivity index (χ1) is 9.75. The number of carbonyl (C=O) groups excluding carboxylic acids is 1. The molecule has 1 aromatic heterocycles. The van der Waals surface area contributed by atoms with E-state index in [0.29, 0.717) is 0 Å². The van der Waals surface area contributed by atoms with Gasteiger partial charge in [-0.05, 0) is 25.1 Å². The third-order valence-electron chi connectivity index (χ3n) is 2.59. The van der Waals surface area contributed by atoms with E-state index in [4.69, 9.17) is 11.6 Å². The first-order valence-corrected chi connectivity index (χ1v) is 6.14. The molecule has 21 heavy (non-hydrogen) atoms. The Morgan fingerprint density at radius 2 is 2.05 bits per heavy atom. The van der Waals surface area contributed by atoms with Gasteiger partial charge in [-0.1, -0.05) is 11.6 Å². The summed E-state index contributed by atoms with van der Waals surface area (Å²) >= 11 is 5.69. The van der Waals surface area contributed by atoms with Crippen LogP contribution in [-0.4, -0.2) is 12.6 Å². The molecule has 0 aliphatic carbocycles. The summed E-state index contributed by atoms with van der Waals surface area (Å²) in [5.74, 6) is -3.07. The summed E-state index contributed by atoms with van der Waals surface area (Å²) in [5, 5.41) is -0.0945. The fourth-order valence-corrected chi connectivity index (χ4v) is 1.93. The van der Waals surface area contributed by atoms with Crippen molar-refractivity contribution in [3.05, 3.63) is 44.8 Å². The fraction of sp³-hybridized carbons (Fsp3) is 0.231. The highest BCUT2D eigenvalue weighted by molar-refractivity contribution is 6.31. The average molecular weight is 321 g/mol. The molecule has 0 saturated carbocycles. The Morgan fingerprint density at radius 3 is 2.62 bits per heavy atom. The van der Waals surface area contributed by atoms with Crippen LogP contribution in [0.3, 0.4) is 0 Å². The monoisotopic (exact) mass is 320 g/mol. The summed E-state index contributed by atoms with van der Waals surface area (Å²) in [6, 6.07) is 3.53. The van der Waals surface area contributed by atoms with E-state index in [1.807, 2.05) is 0 Å². The maximum atomic E-state index is 13.0. The number of hydrogen-bond acceptors (Lipinski definition) is 4. The van der Waals surface area contributed by atoms with E-state index >= 15 is 0 Å². The van der Waals surface area contributed by atoms with E-state index in [-0.39, 0.29) is 22.6 Å². The molecule has 2 aromatic rings. The topological polar surface area (TPSA) is 56.5 Å². The van der Waals surface area contributed by atoms with Crippen molar-refractivity contribution >= 4 is 28.5 Å². The van der Waals surface area contributed by atoms with Gasteiger partial charge in [-0.25, -0.2) is 4.79 Å². The molecule has 0 fully saturated rings. The first kappa shape index (κ1) is 15.4. The number of benzene rings is 1. The molecule has 0 radical (unpaired) electrons. The van der Waals surface area contributed by atoms with Gasteiger partial charge in [0.05, 0.1) is 12.0 Å². The molecule has 0 aliphatic heterocycles. The highest BCUT2D eigenvalue weighted by Gasteiger charge is 2.41. The molecule has 0 aliphatic rings. The van der Waals surface area contributed by atoms with Crippen LogP contribution in [0.4, 0.5) is 13.2 Å². The quantitative estimate of drug-likeness (QED) is 0.793. The van der Waals surface area contributed by atoms with Gasteiger partial charge in [-0.15, -0.1) is 0 Å². The second kappa shape index (κ2) is 5.40. The highest BCUT2D eigenvalue weighted by Crippen LogP contribution is 2.33. The normalized spacial score (nSPS) is 11.7. The fourth-order valence-electron chi connectivity index (χ4n) is 1.76. The summed E-state index contributed by atoms with van der Waals surface area (Å²) in [7, 11) is 0.